The first-order chi connectivity index (χ1) is 29.6. The van der Waals surface area contributed by atoms with Crippen LogP contribution >= 0.6 is 0 Å². The van der Waals surface area contributed by atoms with Crippen LogP contribution < -0.4 is 10.1 Å². The molecule has 10 heteroatoms. The van der Waals surface area contributed by atoms with E-state index in [2.05, 4.69) is 75.6 Å². The second-order valence-corrected chi connectivity index (χ2v) is 25.1. The summed E-state index contributed by atoms with van der Waals surface area (Å²) in [6, 6.07) is 5.40. The van der Waals surface area contributed by atoms with Crippen LogP contribution in [0.15, 0.2) is 53.8 Å². The molecule has 8 rings (SSSR count). The summed E-state index contributed by atoms with van der Waals surface area (Å²) in [6.07, 6.45) is 28.5. The van der Waals surface area contributed by atoms with E-state index in [1.807, 2.05) is 0 Å². The number of carboxylic acids is 1. The number of allylic oxidation sites excluding steroid dienone is 5. The van der Waals surface area contributed by atoms with Crippen LogP contribution in [0.2, 0.25) is 0 Å². The number of carbonyl (C=O) groups is 1. The Morgan fingerprint density at radius 2 is 1.75 bits per heavy atom. The maximum absolute atomic E-state index is 12.8. The Morgan fingerprint density at radius 3 is 2.38 bits per heavy atom. The lowest BCUT2D eigenvalue weighted by atomic mass is 9.32. The molecular weight excluding hydrogens is 807 g/mol. The van der Waals surface area contributed by atoms with Crippen molar-refractivity contribution in [1.29, 1.82) is 5.26 Å². The fourth-order valence-corrected chi connectivity index (χ4v) is 17.3. The van der Waals surface area contributed by atoms with E-state index < -0.39 is 26.8 Å². The average molecular weight is 880 g/mol. The number of hydrogen-bond donors (Lipinski definition) is 3. The number of nitrogens with zero attached hydrogens (tertiary/aromatic N) is 2. The summed E-state index contributed by atoms with van der Waals surface area (Å²) < 4.78 is 30.4. The number of fused-ring (bicyclic) bond motifs is 7. The van der Waals surface area contributed by atoms with Gasteiger partial charge in [-0.2, -0.15) is 5.26 Å². The van der Waals surface area contributed by atoms with Crippen LogP contribution in [0.1, 0.15) is 149 Å². The standard InChI is InChI=1S/C53H73N3O6S/c1-9-52-28-29-53(56-32-30-51(59)25-16-38(17-26-51)63(8,60)61)27-18-39(35(2)3)44(53)41(52)12-13-43-48(6)21-19-40(47(4,5)42(48)20-22-49(43,52)7)36-14-23-50(24-15-36,46(57)58)34-62-45-37(33-54)11-10-31-55-45/h1,10-11,14,19,31,38-39,41-44,56,59H,2,12-13,15-18,20-30,32,34H2,3-8H3,(H,57,58)/t38-,39-,41+,42-,43+,44+,48-,49+,50+,51+,52+,53-/m0/s1. The van der Waals surface area contributed by atoms with E-state index in [-0.39, 0.29) is 44.9 Å². The molecule has 1 aromatic heterocycles. The van der Waals surface area contributed by atoms with Crippen LogP contribution in [0.4, 0.5) is 0 Å². The molecule has 10 atom stereocenters. The Hall–Kier alpha value is -3.44. The molecule has 0 amide bonds. The van der Waals surface area contributed by atoms with Gasteiger partial charge in [-0.15, -0.1) is 6.42 Å². The Bertz CT molecular complexity index is 2260. The lowest BCUT2D eigenvalue weighted by molar-refractivity contribution is -0.205. The third-order valence-corrected chi connectivity index (χ3v) is 21.3. The molecule has 1 heterocycles. The third-order valence-electron chi connectivity index (χ3n) is 19.6. The molecule has 9 nitrogen and oxygen atoms in total. The van der Waals surface area contributed by atoms with Crippen molar-refractivity contribution < 1.29 is 28.2 Å². The Morgan fingerprint density at radius 1 is 1.00 bits per heavy atom. The second-order valence-electron chi connectivity index (χ2n) is 22.8. The van der Waals surface area contributed by atoms with Crippen molar-refractivity contribution in [2.24, 2.45) is 56.7 Å². The quantitative estimate of drug-likeness (QED) is 0.146. The highest BCUT2D eigenvalue weighted by Crippen LogP contribution is 2.76. The highest BCUT2D eigenvalue weighted by Gasteiger charge is 2.71. The number of sulfone groups is 1. The van der Waals surface area contributed by atoms with Crippen molar-refractivity contribution in [3.8, 4) is 24.3 Å². The molecule has 0 unspecified atom stereocenters. The van der Waals surface area contributed by atoms with Crippen molar-refractivity contribution in [1.82, 2.24) is 10.3 Å². The number of aliphatic hydroxyl groups is 1. The maximum Gasteiger partial charge on any atom is 0.313 e. The van der Waals surface area contributed by atoms with E-state index in [4.69, 9.17) is 11.2 Å². The van der Waals surface area contributed by atoms with Gasteiger partial charge < -0.3 is 20.3 Å². The molecule has 342 valence electrons. The zero-order valence-corrected chi connectivity index (χ0v) is 39.7. The molecule has 0 aromatic carbocycles. The second kappa shape index (κ2) is 16.2. The average Bonchev–Trinajstić information content (AvgIpc) is 3.63. The van der Waals surface area contributed by atoms with E-state index in [9.17, 15) is 28.7 Å². The molecule has 0 radical (unpaired) electrons. The Kier molecular flexibility index (Phi) is 11.8. The fourth-order valence-electron chi connectivity index (χ4n) is 16.3. The van der Waals surface area contributed by atoms with Gasteiger partial charge in [-0.3, -0.25) is 4.79 Å². The van der Waals surface area contributed by atoms with Gasteiger partial charge in [0.05, 0.1) is 10.9 Å². The number of aliphatic carboxylic acids is 1. The number of carboxylic acid groups (broad SMARTS) is 1. The molecule has 0 aliphatic heterocycles. The van der Waals surface area contributed by atoms with Crippen LogP contribution in [0.25, 0.3) is 0 Å². The first-order valence-corrected chi connectivity index (χ1v) is 26.0. The van der Waals surface area contributed by atoms with Crippen LogP contribution in [-0.4, -0.2) is 65.4 Å². The smallest absolute Gasteiger partial charge is 0.313 e. The summed E-state index contributed by atoms with van der Waals surface area (Å²) in [5.41, 5.74) is 1.93. The van der Waals surface area contributed by atoms with Gasteiger partial charge in [-0.05, 0) is 192 Å². The predicted molar refractivity (Wildman–Crippen MR) is 247 cm³/mol. The number of nitrogens with one attached hydrogen (secondary N) is 1. The molecule has 7 aliphatic carbocycles. The number of ether oxygens (including phenoxy) is 1. The van der Waals surface area contributed by atoms with Crippen LogP contribution in [-0.2, 0) is 14.6 Å². The van der Waals surface area contributed by atoms with E-state index in [0.29, 0.717) is 93.1 Å². The summed E-state index contributed by atoms with van der Waals surface area (Å²) in [5, 5.41) is 35.5. The van der Waals surface area contributed by atoms with Crippen LogP contribution in [0, 0.1) is 80.3 Å². The molecule has 5 saturated carbocycles. The molecule has 3 N–H and O–H groups in total. The lowest BCUT2D eigenvalue weighted by Crippen LogP contribution is -2.68. The maximum atomic E-state index is 12.8. The molecule has 1 aromatic rings. The Balaban J connectivity index is 1.02. The third kappa shape index (κ3) is 7.36. The van der Waals surface area contributed by atoms with Gasteiger partial charge in [-0.25, -0.2) is 13.4 Å². The number of pyridine rings is 1. The summed E-state index contributed by atoms with van der Waals surface area (Å²) in [5.74, 6) is 5.04. The largest absolute Gasteiger partial charge is 0.481 e. The first kappa shape index (κ1) is 46.1. The summed E-state index contributed by atoms with van der Waals surface area (Å²) in [7, 11) is -3.10. The number of hydrogen-bond acceptors (Lipinski definition) is 8. The molecule has 0 saturated heterocycles. The molecule has 7 aliphatic rings. The lowest BCUT2D eigenvalue weighted by Gasteiger charge is -2.71. The van der Waals surface area contributed by atoms with E-state index in [0.717, 1.165) is 57.8 Å². The molecule has 5 fully saturated rings. The summed E-state index contributed by atoms with van der Waals surface area (Å²) >= 11 is 0. The SMILES string of the molecule is C#C[C@@]12CC[C@@]3(NCC[C@]4(O)CC[C@@H](S(C)(=O)=O)CC4)CC[C@@H](C(=C)C)[C@@H]3[C@H]1CC[C@@H]1[C@@]3(C)CC=C(C4=CC[C@@](COc5ncccc5C#N)(C(=O)O)CC4)C(C)(C)[C@@H]3CC[C@]12C. The van der Waals surface area contributed by atoms with Crippen molar-refractivity contribution >= 4 is 15.8 Å². The molecule has 0 bridgehead atoms. The topological polar surface area (TPSA) is 150 Å². The monoisotopic (exact) mass is 880 g/mol. The van der Waals surface area contributed by atoms with Gasteiger partial charge in [0.2, 0.25) is 5.88 Å². The Labute approximate surface area is 377 Å². The first-order valence-electron chi connectivity index (χ1n) is 24.1. The number of aromatic nitrogens is 1. The highest BCUT2D eigenvalue weighted by atomic mass is 32.2. The molecular formula is C53H73N3O6S. The van der Waals surface area contributed by atoms with Crippen LogP contribution in [0.5, 0.6) is 5.88 Å². The van der Waals surface area contributed by atoms with E-state index >= 15 is 0 Å². The van der Waals surface area contributed by atoms with E-state index in [1.165, 1.54) is 23.0 Å². The molecule has 63 heavy (non-hydrogen) atoms. The summed E-state index contributed by atoms with van der Waals surface area (Å²) in [6.45, 7) is 17.5. The van der Waals surface area contributed by atoms with Gasteiger partial charge in [0.1, 0.15) is 33.5 Å². The van der Waals surface area contributed by atoms with Gasteiger partial charge >= 0.3 is 5.97 Å². The highest BCUT2D eigenvalue weighted by molar-refractivity contribution is 7.91. The van der Waals surface area contributed by atoms with Crippen molar-refractivity contribution in [3.05, 3.63) is 59.3 Å². The van der Waals surface area contributed by atoms with E-state index in [1.54, 1.807) is 18.3 Å². The van der Waals surface area contributed by atoms with Gasteiger partial charge in [0, 0.05) is 23.4 Å². The van der Waals surface area contributed by atoms with Crippen molar-refractivity contribution in [2.45, 2.75) is 160 Å². The summed E-state index contributed by atoms with van der Waals surface area (Å²) in [4.78, 5) is 17.0. The minimum Gasteiger partial charge on any atom is -0.481 e. The minimum atomic E-state index is -3.10. The van der Waals surface area contributed by atoms with Gasteiger partial charge in [-0.1, -0.05) is 57.9 Å². The van der Waals surface area contributed by atoms with Crippen molar-refractivity contribution in [2.75, 3.05) is 19.4 Å². The van der Waals surface area contributed by atoms with Gasteiger partial charge in [0.25, 0.3) is 0 Å². The number of terminal acetylenes is 1. The van der Waals surface area contributed by atoms with Crippen LogP contribution in [0.3, 0.4) is 0 Å². The predicted octanol–water partition coefficient (Wildman–Crippen LogP) is 9.77. The molecule has 0 spiro atoms. The normalized spacial score (nSPS) is 41.8. The van der Waals surface area contributed by atoms with Gasteiger partial charge in [0.15, 0.2) is 0 Å². The number of rotatable bonds is 11. The zero-order chi connectivity index (χ0) is 45.4. The fraction of sp³-hybridized carbons (Fsp3) is 0.717. The number of nitriles is 1. The minimum absolute atomic E-state index is 0.0245. The van der Waals surface area contributed by atoms with Crippen molar-refractivity contribution in [3.63, 3.8) is 0 Å². The zero-order valence-electron chi connectivity index (χ0n) is 38.9.